The summed E-state index contributed by atoms with van der Waals surface area (Å²) in [6.45, 7) is 6.61. The Morgan fingerprint density at radius 3 is 2.89 bits per heavy atom. The number of nitrogens with zero attached hydrogens (tertiary/aromatic N) is 4. The first-order valence-corrected chi connectivity index (χ1v) is 15.3. The van der Waals surface area contributed by atoms with E-state index in [-0.39, 0.29) is 63.1 Å². The average Bonchev–Trinajstić information content (AvgIpc) is 3.57. The maximum absolute atomic E-state index is 16.8. The number of nitrogens with one attached hydrogen (secondary N) is 2. The van der Waals surface area contributed by atoms with Crippen LogP contribution in [0.2, 0.25) is 0 Å². The summed E-state index contributed by atoms with van der Waals surface area (Å²) in [6.07, 6.45) is 3.77. The van der Waals surface area contributed by atoms with Crippen molar-refractivity contribution < 1.29 is 23.0 Å². The number of aromatic hydroxyl groups is 1. The smallest absolute Gasteiger partial charge is 0.319 e. The van der Waals surface area contributed by atoms with Gasteiger partial charge >= 0.3 is 6.01 Å². The fraction of sp³-hybridized carbons (Fsp3) is 0.294. The van der Waals surface area contributed by atoms with Crippen molar-refractivity contribution in [1.82, 2.24) is 24.8 Å². The topological polar surface area (TPSA) is 142 Å². The molecule has 5 N–H and O–H groups in total. The van der Waals surface area contributed by atoms with E-state index in [1.165, 1.54) is 30.3 Å². The summed E-state index contributed by atoms with van der Waals surface area (Å²) in [5, 5.41) is 14.1. The fourth-order valence-electron chi connectivity index (χ4n) is 7.09. The molecule has 0 saturated carbocycles. The molecule has 13 heteroatoms. The monoisotopic (exact) mass is 643 g/mol. The van der Waals surface area contributed by atoms with Gasteiger partial charge in [0.25, 0.3) is 5.56 Å². The van der Waals surface area contributed by atoms with Gasteiger partial charge in [0.1, 0.15) is 46.9 Å². The van der Waals surface area contributed by atoms with Gasteiger partial charge in [-0.1, -0.05) is 24.8 Å². The summed E-state index contributed by atoms with van der Waals surface area (Å²) >= 11 is 0. The molecule has 2 aliphatic heterocycles. The van der Waals surface area contributed by atoms with Crippen molar-refractivity contribution in [1.29, 1.82) is 0 Å². The van der Waals surface area contributed by atoms with E-state index in [1.54, 1.807) is 25.3 Å². The minimum atomic E-state index is -0.986. The van der Waals surface area contributed by atoms with Gasteiger partial charge in [0.05, 0.1) is 17.3 Å². The summed E-state index contributed by atoms with van der Waals surface area (Å²) in [4.78, 5) is 31.4. The van der Waals surface area contributed by atoms with Crippen molar-refractivity contribution in [3.05, 3.63) is 82.3 Å². The Morgan fingerprint density at radius 1 is 1.28 bits per heavy atom. The highest BCUT2D eigenvalue weighted by Gasteiger charge is 2.49. The second-order valence-corrected chi connectivity index (χ2v) is 12.2. The standard InChI is InChI=1S/C34H32F3N7O3/c1-3-21-24(36)8-7-18-12-20(45)13-23(25(18)21)28-27(37)29-26(32(46)41-28)31(40-17(2)22-6-4-10-39-30(22)38)43-33(42-29)47-16-34-9-5-11-44(34)15-19(35)14-34/h3-4,6-8,10,12-13,17,19,45H,1,5,9,11,14-16H2,2H3,(H2,38,39)(H,41,46)(H,40,42,43)/t17-,19+,34-/m0/s1. The highest BCUT2D eigenvalue weighted by Crippen LogP contribution is 2.41. The van der Waals surface area contributed by atoms with E-state index < -0.39 is 34.9 Å². The first-order valence-electron chi connectivity index (χ1n) is 15.3. The lowest BCUT2D eigenvalue weighted by Crippen LogP contribution is -2.43. The lowest BCUT2D eigenvalue weighted by atomic mass is 9.95. The van der Waals surface area contributed by atoms with Crippen molar-refractivity contribution >= 4 is 39.4 Å². The molecule has 0 amide bonds. The lowest BCUT2D eigenvalue weighted by molar-refractivity contribution is 0.107. The zero-order valence-electron chi connectivity index (χ0n) is 25.5. The zero-order valence-corrected chi connectivity index (χ0v) is 25.5. The van der Waals surface area contributed by atoms with Crippen LogP contribution in [0.15, 0.2) is 54.0 Å². The predicted octanol–water partition coefficient (Wildman–Crippen LogP) is 5.87. The van der Waals surface area contributed by atoms with Gasteiger partial charge in [-0.25, -0.2) is 18.2 Å². The van der Waals surface area contributed by atoms with E-state index >= 15 is 4.39 Å². The number of hydrogen-bond acceptors (Lipinski definition) is 9. The van der Waals surface area contributed by atoms with Gasteiger partial charge in [0.2, 0.25) is 0 Å². The molecule has 2 aromatic carbocycles. The average molecular weight is 644 g/mol. The Morgan fingerprint density at radius 2 is 2.11 bits per heavy atom. The number of pyridine rings is 2. The Balaban J connectivity index is 1.41. The van der Waals surface area contributed by atoms with Crippen LogP contribution in [0.5, 0.6) is 11.8 Å². The van der Waals surface area contributed by atoms with Gasteiger partial charge in [-0.2, -0.15) is 9.97 Å². The van der Waals surface area contributed by atoms with Crippen molar-refractivity contribution in [2.24, 2.45) is 0 Å². The Kier molecular flexibility index (Phi) is 7.50. The van der Waals surface area contributed by atoms with Crippen LogP contribution >= 0.6 is 0 Å². The number of benzene rings is 2. The number of nitrogen functional groups attached to an aromatic ring is 1. The predicted molar refractivity (Wildman–Crippen MR) is 174 cm³/mol. The number of anilines is 2. The molecule has 5 heterocycles. The van der Waals surface area contributed by atoms with Gasteiger partial charge in [-0.05, 0) is 56.0 Å². The first-order chi connectivity index (χ1) is 22.6. The van der Waals surface area contributed by atoms with Gasteiger partial charge < -0.3 is 25.9 Å². The largest absolute Gasteiger partial charge is 0.508 e. The summed E-state index contributed by atoms with van der Waals surface area (Å²) < 4.78 is 52.2. The molecular formula is C34H32F3N7O3. The van der Waals surface area contributed by atoms with E-state index in [9.17, 15) is 18.7 Å². The van der Waals surface area contributed by atoms with Crippen LogP contribution < -0.4 is 21.3 Å². The molecule has 10 nitrogen and oxygen atoms in total. The van der Waals surface area contributed by atoms with E-state index in [0.29, 0.717) is 23.9 Å². The van der Waals surface area contributed by atoms with Crippen LogP contribution in [0.1, 0.15) is 43.4 Å². The molecule has 47 heavy (non-hydrogen) atoms. The highest BCUT2D eigenvalue weighted by atomic mass is 19.1. The summed E-state index contributed by atoms with van der Waals surface area (Å²) in [7, 11) is 0. The van der Waals surface area contributed by atoms with Crippen molar-refractivity contribution in [2.45, 2.75) is 43.9 Å². The molecule has 2 saturated heterocycles. The number of fused-ring (bicyclic) bond motifs is 3. The number of hydrogen-bond donors (Lipinski definition) is 4. The van der Waals surface area contributed by atoms with E-state index in [1.807, 2.05) is 0 Å². The summed E-state index contributed by atoms with van der Waals surface area (Å²) in [5.74, 6) is -1.57. The third kappa shape index (κ3) is 5.20. The molecule has 0 spiro atoms. The quantitative estimate of drug-likeness (QED) is 0.163. The van der Waals surface area contributed by atoms with Gasteiger partial charge in [0, 0.05) is 41.2 Å². The molecule has 5 aromatic rings. The molecule has 0 aliphatic carbocycles. The molecule has 0 radical (unpaired) electrons. The number of phenolic OH excluding ortho intramolecular Hbond substituents is 1. The maximum Gasteiger partial charge on any atom is 0.319 e. The van der Waals surface area contributed by atoms with Gasteiger partial charge in [-0.3, -0.25) is 9.69 Å². The van der Waals surface area contributed by atoms with Crippen LogP contribution in [0.4, 0.5) is 24.8 Å². The number of aromatic nitrogens is 4. The molecule has 242 valence electrons. The number of H-pyrrole nitrogens is 1. The Hall–Kier alpha value is -5.17. The van der Waals surface area contributed by atoms with Crippen LogP contribution in [0.3, 0.4) is 0 Å². The second-order valence-electron chi connectivity index (χ2n) is 12.2. The number of nitrogens with two attached hydrogens (primary N) is 1. The van der Waals surface area contributed by atoms with Crippen LogP contribution in [0.25, 0.3) is 39.0 Å². The SMILES string of the molecule is C=Cc1c(F)ccc2cc(O)cc(-c3[nH]c(=O)c4c(N[C@@H](C)c5cccnc5N)nc(OC[C@@]56CCCN5C[C@H](F)C6)nc4c3F)c12. The number of halogens is 3. The fourth-order valence-corrected chi connectivity index (χ4v) is 7.09. The zero-order chi connectivity index (χ0) is 33.0. The third-order valence-electron chi connectivity index (χ3n) is 9.27. The number of alkyl halides is 1. The Bertz CT molecular complexity index is 2120. The number of ether oxygens (including phenoxy) is 1. The molecule has 2 aliphatic rings. The number of rotatable bonds is 8. The summed E-state index contributed by atoms with van der Waals surface area (Å²) in [5.41, 5.74) is 4.83. The Labute approximate surface area is 267 Å². The number of phenols is 1. The molecular weight excluding hydrogens is 611 g/mol. The number of aromatic amines is 1. The maximum atomic E-state index is 16.8. The molecule has 2 fully saturated rings. The van der Waals surface area contributed by atoms with Gasteiger partial charge in [0.15, 0.2) is 5.82 Å². The first kappa shape index (κ1) is 30.5. The van der Waals surface area contributed by atoms with Gasteiger partial charge in [-0.15, -0.1) is 0 Å². The van der Waals surface area contributed by atoms with Crippen molar-refractivity contribution in [2.75, 3.05) is 30.7 Å². The second kappa shape index (κ2) is 11.6. The van der Waals surface area contributed by atoms with Crippen molar-refractivity contribution in [3.8, 4) is 23.0 Å². The minimum Gasteiger partial charge on any atom is -0.508 e. The van der Waals surface area contributed by atoms with E-state index in [2.05, 4.69) is 36.7 Å². The molecule has 0 unspecified atom stereocenters. The molecule has 7 rings (SSSR count). The van der Waals surface area contributed by atoms with Crippen LogP contribution in [0, 0.1) is 11.6 Å². The normalized spacial score (nSPS) is 20.0. The molecule has 3 aromatic heterocycles. The molecule has 3 atom stereocenters. The van der Waals surface area contributed by atoms with E-state index in [0.717, 1.165) is 19.4 Å². The third-order valence-corrected chi connectivity index (χ3v) is 9.27. The summed E-state index contributed by atoms with van der Waals surface area (Å²) in [6, 6.07) is 8.02. The lowest BCUT2D eigenvalue weighted by Gasteiger charge is -2.30. The van der Waals surface area contributed by atoms with Crippen LogP contribution in [-0.4, -0.2) is 61.3 Å². The molecule has 0 bridgehead atoms. The minimum absolute atomic E-state index is 0.0263. The van der Waals surface area contributed by atoms with Crippen LogP contribution in [-0.2, 0) is 0 Å². The highest BCUT2D eigenvalue weighted by molar-refractivity contribution is 6.04. The van der Waals surface area contributed by atoms with E-state index in [4.69, 9.17) is 10.5 Å². The van der Waals surface area contributed by atoms with Crippen molar-refractivity contribution in [3.63, 3.8) is 0 Å².